The highest BCUT2D eigenvalue weighted by atomic mass is 32.2. The molecule has 0 bridgehead atoms. The van der Waals surface area contributed by atoms with Crippen LogP contribution in [-0.2, 0) is 9.59 Å². The van der Waals surface area contributed by atoms with Crippen LogP contribution in [0, 0.1) is 39.2 Å². The summed E-state index contributed by atoms with van der Waals surface area (Å²) in [4.78, 5) is 24.4. The van der Waals surface area contributed by atoms with Crippen molar-refractivity contribution in [1.82, 2.24) is 0 Å². The summed E-state index contributed by atoms with van der Waals surface area (Å²) in [6.45, 7) is 4.41. The summed E-state index contributed by atoms with van der Waals surface area (Å²) in [7, 11) is 0. The normalized spacial score (nSPS) is 46.6. The molecule has 0 aromatic rings. The van der Waals surface area contributed by atoms with Crippen LogP contribution in [0.3, 0.4) is 0 Å². The Morgan fingerprint density at radius 3 is 2.79 bits per heavy atom. The van der Waals surface area contributed by atoms with Crippen LogP contribution in [0.25, 0.3) is 0 Å². The van der Waals surface area contributed by atoms with Gasteiger partial charge >= 0.3 is 0 Å². The standard InChI is InChI=1S/C20H23NO2S/c1-19-7-5-12(22)9-16(19)17(24-11-21)10-13-14-3-4-18(23)20(14,2)8-6-15(13)19/h5,7,9,13-15,17H,3-4,6,8,10H2,1-2H3/t13-,14-,15-,17-,19+,20-/m0/s1. The van der Waals surface area contributed by atoms with Gasteiger partial charge in [0, 0.05) is 22.5 Å². The largest absolute Gasteiger partial charge is 0.299 e. The maximum atomic E-state index is 12.5. The lowest BCUT2D eigenvalue weighted by atomic mass is 9.48. The molecule has 0 aromatic carbocycles. The third-order valence-electron chi connectivity index (χ3n) is 7.46. The SMILES string of the molecule is C[C@]12C=CC(=O)C=C1[C@@H](SC#N)C[C@@H]1[C@@H]2CC[C@]2(C)C(=O)CC[C@@H]12. The van der Waals surface area contributed by atoms with Gasteiger partial charge in [-0.15, -0.1) is 0 Å². The number of hydrogen-bond acceptors (Lipinski definition) is 4. The van der Waals surface area contributed by atoms with Crippen LogP contribution < -0.4 is 0 Å². The fraction of sp³-hybridized carbons (Fsp3) is 0.650. The number of thiocyanates is 1. The maximum Gasteiger partial charge on any atom is 0.178 e. The number of ketones is 2. The Morgan fingerprint density at radius 1 is 1.25 bits per heavy atom. The van der Waals surface area contributed by atoms with Crippen molar-refractivity contribution in [2.75, 3.05) is 0 Å². The molecule has 3 nitrogen and oxygen atoms in total. The van der Waals surface area contributed by atoms with Gasteiger partial charge in [0.05, 0.1) is 0 Å². The number of rotatable bonds is 1. The molecule has 0 aliphatic heterocycles. The minimum absolute atomic E-state index is 0.0427. The van der Waals surface area contributed by atoms with Gasteiger partial charge in [-0.05, 0) is 72.9 Å². The molecule has 24 heavy (non-hydrogen) atoms. The topological polar surface area (TPSA) is 57.9 Å². The summed E-state index contributed by atoms with van der Waals surface area (Å²) in [6.07, 6.45) is 10.2. The first kappa shape index (κ1) is 16.1. The fourth-order valence-electron chi connectivity index (χ4n) is 6.17. The van der Waals surface area contributed by atoms with Gasteiger partial charge in [-0.2, -0.15) is 5.26 Å². The van der Waals surface area contributed by atoms with Gasteiger partial charge in [-0.1, -0.05) is 19.9 Å². The Balaban J connectivity index is 1.77. The van der Waals surface area contributed by atoms with E-state index in [0.29, 0.717) is 30.0 Å². The van der Waals surface area contributed by atoms with E-state index >= 15 is 0 Å². The van der Waals surface area contributed by atoms with Crippen LogP contribution in [0.1, 0.15) is 46.0 Å². The number of nitriles is 1. The Bertz CT molecular complexity index is 718. The van der Waals surface area contributed by atoms with Gasteiger partial charge < -0.3 is 0 Å². The number of carbonyl (C=O) groups is 2. The predicted octanol–water partition coefficient (Wildman–Crippen LogP) is 4.06. The van der Waals surface area contributed by atoms with Crippen LogP contribution >= 0.6 is 11.8 Å². The van der Waals surface area contributed by atoms with Crippen molar-refractivity contribution >= 4 is 23.3 Å². The number of hydrogen-bond donors (Lipinski definition) is 0. The van der Waals surface area contributed by atoms with Crippen LogP contribution in [0.4, 0.5) is 0 Å². The number of carbonyl (C=O) groups excluding carboxylic acids is 2. The zero-order chi connectivity index (χ0) is 17.1. The lowest BCUT2D eigenvalue weighted by Gasteiger charge is -2.57. The molecule has 3 saturated carbocycles. The van der Waals surface area contributed by atoms with Gasteiger partial charge in [0.25, 0.3) is 0 Å². The molecule has 4 aliphatic carbocycles. The molecular weight excluding hydrogens is 318 g/mol. The summed E-state index contributed by atoms with van der Waals surface area (Å²) in [5.74, 6) is 1.88. The van der Waals surface area contributed by atoms with E-state index in [1.54, 1.807) is 12.2 Å². The minimum Gasteiger partial charge on any atom is -0.299 e. The first-order chi connectivity index (χ1) is 11.4. The van der Waals surface area contributed by atoms with E-state index in [-0.39, 0.29) is 21.9 Å². The molecule has 0 amide bonds. The molecular formula is C20H23NO2S. The monoisotopic (exact) mass is 341 g/mol. The highest BCUT2D eigenvalue weighted by Crippen LogP contribution is 2.64. The molecule has 0 aromatic heterocycles. The number of fused-ring (bicyclic) bond motifs is 5. The van der Waals surface area contributed by atoms with Gasteiger partial charge in [0.1, 0.15) is 11.2 Å². The number of Topliss-reactive ketones (excluding diaryl/α,β-unsaturated/α-hetero) is 1. The van der Waals surface area contributed by atoms with E-state index in [4.69, 9.17) is 0 Å². The van der Waals surface area contributed by atoms with Crippen LogP contribution in [0.5, 0.6) is 0 Å². The van der Waals surface area contributed by atoms with Crippen molar-refractivity contribution in [2.24, 2.45) is 28.6 Å². The number of thioether (sulfide) groups is 1. The Kier molecular flexibility index (Phi) is 3.58. The molecule has 0 spiro atoms. The van der Waals surface area contributed by atoms with E-state index in [1.165, 1.54) is 11.8 Å². The molecule has 4 aliphatic rings. The van der Waals surface area contributed by atoms with Crippen molar-refractivity contribution < 1.29 is 9.59 Å². The minimum atomic E-state index is -0.158. The third kappa shape index (κ3) is 2.03. The van der Waals surface area contributed by atoms with E-state index in [2.05, 4.69) is 25.3 Å². The first-order valence-electron chi connectivity index (χ1n) is 8.93. The predicted molar refractivity (Wildman–Crippen MR) is 94.0 cm³/mol. The molecule has 0 heterocycles. The molecule has 0 saturated heterocycles. The fourth-order valence-corrected chi connectivity index (χ4v) is 7.06. The first-order valence-corrected chi connectivity index (χ1v) is 9.81. The van der Waals surface area contributed by atoms with Crippen LogP contribution in [0.15, 0.2) is 23.8 Å². The number of allylic oxidation sites excluding steroid dienone is 3. The Hall–Kier alpha value is -1.34. The average molecular weight is 341 g/mol. The van der Waals surface area contributed by atoms with Crippen LogP contribution in [-0.4, -0.2) is 16.8 Å². The second-order valence-corrected chi connectivity index (χ2v) is 9.33. The van der Waals surface area contributed by atoms with E-state index in [9.17, 15) is 14.9 Å². The summed E-state index contributed by atoms with van der Waals surface area (Å²) < 4.78 is 0. The van der Waals surface area contributed by atoms with Crippen molar-refractivity contribution in [1.29, 1.82) is 5.26 Å². The second-order valence-electron chi connectivity index (χ2n) is 8.35. The summed E-state index contributed by atoms with van der Waals surface area (Å²) in [5, 5.41) is 11.6. The van der Waals surface area contributed by atoms with Crippen molar-refractivity contribution in [3.63, 3.8) is 0 Å². The molecule has 3 fully saturated rings. The quantitative estimate of drug-likeness (QED) is 0.675. The lowest BCUT2D eigenvalue weighted by Crippen LogP contribution is -2.52. The molecule has 4 rings (SSSR count). The highest BCUT2D eigenvalue weighted by molar-refractivity contribution is 8.04. The van der Waals surface area contributed by atoms with Gasteiger partial charge in [0.15, 0.2) is 5.78 Å². The zero-order valence-corrected chi connectivity index (χ0v) is 15.1. The second kappa shape index (κ2) is 5.33. The van der Waals surface area contributed by atoms with E-state index in [1.807, 2.05) is 0 Å². The molecule has 0 unspecified atom stereocenters. The molecule has 6 atom stereocenters. The molecule has 0 radical (unpaired) electrons. The van der Waals surface area contributed by atoms with E-state index in [0.717, 1.165) is 31.3 Å². The van der Waals surface area contributed by atoms with Crippen molar-refractivity contribution in [3.8, 4) is 5.40 Å². The van der Waals surface area contributed by atoms with Gasteiger partial charge in [-0.3, -0.25) is 9.59 Å². The van der Waals surface area contributed by atoms with E-state index < -0.39 is 0 Å². The third-order valence-corrected chi connectivity index (χ3v) is 8.29. The lowest BCUT2D eigenvalue weighted by molar-refractivity contribution is -0.131. The van der Waals surface area contributed by atoms with Crippen molar-refractivity contribution in [3.05, 3.63) is 23.8 Å². The highest BCUT2D eigenvalue weighted by Gasteiger charge is 2.60. The van der Waals surface area contributed by atoms with Crippen molar-refractivity contribution in [2.45, 2.75) is 51.2 Å². The average Bonchev–Trinajstić information content (AvgIpc) is 2.85. The Labute approximate surface area is 147 Å². The van der Waals surface area contributed by atoms with Gasteiger partial charge in [-0.25, -0.2) is 0 Å². The molecule has 4 heteroatoms. The summed E-state index contributed by atoms with van der Waals surface area (Å²) in [5.41, 5.74) is 0.836. The Morgan fingerprint density at radius 2 is 2.04 bits per heavy atom. The maximum absolute atomic E-state index is 12.5. The number of nitrogens with zero attached hydrogens (tertiary/aromatic N) is 1. The smallest absolute Gasteiger partial charge is 0.178 e. The zero-order valence-electron chi connectivity index (χ0n) is 14.2. The van der Waals surface area contributed by atoms with Crippen LogP contribution in [0.2, 0.25) is 0 Å². The molecule has 0 N–H and O–H groups in total. The van der Waals surface area contributed by atoms with Gasteiger partial charge in [0.2, 0.25) is 0 Å². The summed E-state index contributed by atoms with van der Waals surface area (Å²) >= 11 is 1.29. The summed E-state index contributed by atoms with van der Waals surface area (Å²) in [6, 6.07) is 0. The molecule has 126 valence electrons.